The Kier molecular flexibility index (Phi) is 5.98. The van der Waals surface area contributed by atoms with E-state index >= 15 is 0 Å². The van der Waals surface area contributed by atoms with Gasteiger partial charge < -0.3 is 18.9 Å². The molecule has 6 heteroatoms. The molecule has 0 saturated carbocycles. The van der Waals surface area contributed by atoms with Crippen molar-refractivity contribution >= 4 is 5.91 Å². The Morgan fingerprint density at radius 1 is 1.03 bits per heavy atom. The number of hydrogen-bond donors (Lipinski definition) is 0. The summed E-state index contributed by atoms with van der Waals surface area (Å²) >= 11 is 0. The fourth-order valence-electron chi connectivity index (χ4n) is 3.77. The van der Waals surface area contributed by atoms with Gasteiger partial charge in [-0.05, 0) is 43.0 Å². The van der Waals surface area contributed by atoms with Gasteiger partial charge in [0, 0.05) is 24.6 Å². The van der Waals surface area contributed by atoms with Crippen LogP contribution in [0, 0.1) is 19.8 Å². The third kappa shape index (κ3) is 4.90. The summed E-state index contributed by atoms with van der Waals surface area (Å²) in [6, 6.07) is 13.9. The molecule has 3 aromatic rings. The van der Waals surface area contributed by atoms with Crippen molar-refractivity contribution < 1.29 is 18.8 Å². The van der Waals surface area contributed by atoms with Gasteiger partial charge in [0.05, 0.1) is 6.54 Å². The fourth-order valence-corrected chi connectivity index (χ4v) is 3.77. The number of hydrogen-bond acceptors (Lipinski definition) is 5. The first-order chi connectivity index (χ1) is 14.9. The van der Waals surface area contributed by atoms with E-state index < -0.39 is 0 Å². The zero-order valence-electron chi connectivity index (χ0n) is 18.5. The molecule has 0 radical (unpaired) electrons. The molecular weight excluding hydrogens is 392 g/mol. The first-order valence-corrected chi connectivity index (χ1v) is 10.6. The molecule has 1 aliphatic heterocycles. The van der Waals surface area contributed by atoms with E-state index in [0.717, 1.165) is 28.1 Å². The minimum Gasteiger partial charge on any atom is -0.454 e. The van der Waals surface area contributed by atoms with Crippen LogP contribution >= 0.6 is 0 Å². The molecule has 31 heavy (non-hydrogen) atoms. The van der Waals surface area contributed by atoms with Crippen molar-refractivity contribution in [2.75, 3.05) is 6.79 Å². The van der Waals surface area contributed by atoms with Gasteiger partial charge in [0.2, 0.25) is 12.7 Å². The quantitative estimate of drug-likeness (QED) is 0.521. The number of carbonyl (C=O) groups is 1. The summed E-state index contributed by atoms with van der Waals surface area (Å²) in [6.45, 7) is 9.30. The van der Waals surface area contributed by atoms with Gasteiger partial charge in [-0.25, -0.2) is 0 Å². The molecule has 0 atom stereocenters. The second-order valence-electron chi connectivity index (χ2n) is 8.54. The molecular formula is C25H28N2O4. The van der Waals surface area contributed by atoms with Crippen LogP contribution in [0.25, 0.3) is 11.3 Å². The van der Waals surface area contributed by atoms with Crippen molar-refractivity contribution in [1.29, 1.82) is 0 Å². The number of aryl methyl sites for hydroxylation is 2. The van der Waals surface area contributed by atoms with Crippen LogP contribution < -0.4 is 9.47 Å². The Bertz CT molecular complexity index is 1090. The van der Waals surface area contributed by atoms with Gasteiger partial charge >= 0.3 is 0 Å². The molecule has 1 aromatic heterocycles. The zero-order chi connectivity index (χ0) is 22.0. The Morgan fingerprint density at radius 2 is 1.84 bits per heavy atom. The predicted molar refractivity (Wildman–Crippen MR) is 118 cm³/mol. The van der Waals surface area contributed by atoms with Gasteiger partial charge in [-0.1, -0.05) is 48.8 Å². The lowest BCUT2D eigenvalue weighted by molar-refractivity contribution is -0.133. The molecule has 0 aliphatic carbocycles. The van der Waals surface area contributed by atoms with E-state index in [-0.39, 0.29) is 18.6 Å². The van der Waals surface area contributed by atoms with Crippen LogP contribution in [-0.4, -0.2) is 22.8 Å². The number of ether oxygens (including phenoxy) is 2. The molecule has 1 amide bonds. The van der Waals surface area contributed by atoms with Crippen molar-refractivity contribution in [3.8, 4) is 22.8 Å². The van der Waals surface area contributed by atoms with Crippen LogP contribution in [0.4, 0.5) is 0 Å². The molecule has 0 spiro atoms. The average molecular weight is 421 g/mol. The minimum absolute atomic E-state index is 0.0868. The smallest absolute Gasteiger partial charge is 0.231 e. The highest BCUT2D eigenvalue weighted by atomic mass is 16.7. The van der Waals surface area contributed by atoms with Gasteiger partial charge in [0.15, 0.2) is 17.3 Å². The van der Waals surface area contributed by atoms with E-state index in [1.807, 2.05) is 49.1 Å². The molecule has 162 valence electrons. The number of benzene rings is 2. The number of nitrogens with zero attached hydrogens (tertiary/aromatic N) is 2. The molecule has 2 heterocycles. The maximum absolute atomic E-state index is 13.0. The van der Waals surface area contributed by atoms with Gasteiger partial charge in [0.25, 0.3) is 0 Å². The standard InChI is InChI=1S/C25H28N2O4/c1-16(2)9-25(28)27(13-19-6-8-22-24(11-19)30-15-29-22)14-20-12-23(31-26-20)21-7-5-17(3)10-18(21)4/h5-8,10-12,16H,9,13-15H2,1-4H3. The summed E-state index contributed by atoms with van der Waals surface area (Å²) in [6.07, 6.45) is 0.479. The summed E-state index contributed by atoms with van der Waals surface area (Å²) in [5.74, 6) is 2.52. The van der Waals surface area contributed by atoms with Crippen molar-refractivity contribution in [2.24, 2.45) is 5.92 Å². The van der Waals surface area contributed by atoms with Gasteiger partial charge in [-0.2, -0.15) is 0 Å². The van der Waals surface area contributed by atoms with E-state index in [1.54, 1.807) is 0 Å². The number of fused-ring (bicyclic) bond motifs is 1. The van der Waals surface area contributed by atoms with E-state index in [1.165, 1.54) is 5.56 Å². The van der Waals surface area contributed by atoms with Gasteiger partial charge in [-0.15, -0.1) is 0 Å². The summed E-state index contributed by atoms with van der Waals surface area (Å²) in [4.78, 5) is 14.8. The lowest BCUT2D eigenvalue weighted by atomic mass is 10.0. The highest BCUT2D eigenvalue weighted by Gasteiger charge is 2.20. The number of amides is 1. The summed E-state index contributed by atoms with van der Waals surface area (Å²) in [5, 5.41) is 4.24. The second-order valence-corrected chi connectivity index (χ2v) is 8.54. The molecule has 0 unspecified atom stereocenters. The van der Waals surface area contributed by atoms with Crippen LogP contribution in [0.1, 0.15) is 42.7 Å². The predicted octanol–water partition coefficient (Wildman–Crippen LogP) is 5.26. The lowest BCUT2D eigenvalue weighted by Gasteiger charge is -2.23. The fraction of sp³-hybridized carbons (Fsp3) is 0.360. The summed E-state index contributed by atoms with van der Waals surface area (Å²) in [7, 11) is 0. The molecule has 0 fully saturated rings. The van der Waals surface area contributed by atoms with Crippen molar-refractivity contribution in [3.05, 3.63) is 64.8 Å². The van der Waals surface area contributed by atoms with Crippen LogP contribution in [-0.2, 0) is 17.9 Å². The Labute approximate surface area is 182 Å². The first-order valence-electron chi connectivity index (χ1n) is 10.6. The second kappa shape index (κ2) is 8.84. The highest BCUT2D eigenvalue weighted by Crippen LogP contribution is 2.33. The monoisotopic (exact) mass is 420 g/mol. The largest absolute Gasteiger partial charge is 0.454 e. The molecule has 0 bridgehead atoms. The molecule has 2 aromatic carbocycles. The van der Waals surface area contributed by atoms with E-state index in [9.17, 15) is 4.79 Å². The third-order valence-corrected chi connectivity index (χ3v) is 5.31. The van der Waals surface area contributed by atoms with Crippen LogP contribution in [0.5, 0.6) is 11.5 Å². The van der Waals surface area contributed by atoms with Crippen molar-refractivity contribution in [1.82, 2.24) is 10.1 Å². The van der Waals surface area contributed by atoms with Crippen LogP contribution in [0.15, 0.2) is 47.0 Å². The van der Waals surface area contributed by atoms with Gasteiger partial charge in [-0.3, -0.25) is 4.79 Å². The maximum atomic E-state index is 13.0. The Balaban J connectivity index is 1.55. The molecule has 0 saturated heterocycles. The van der Waals surface area contributed by atoms with E-state index in [0.29, 0.717) is 31.0 Å². The zero-order valence-corrected chi connectivity index (χ0v) is 18.5. The maximum Gasteiger partial charge on any atom is 0.231 e. The minimum atomic E-state index is 0.0868. The number of carbonyl (C=O) groups excluding carboxylic acids is 1. The van der Waals surface area contributed by atoms with Crippen molar-refractivity contribution in [2.45, 2.75) is 47.2 Å². The van der Waals surface area contributed by atoms with E-state index in [4.69, 9.17) is 14.0 Å². The number of rotatable bonds is 7. The highest BCUT2D eigenvalue weighted by molar-refractivity contribution is 5.76. The van der Waals surface area contributed by atoms with E-state index in [2.05, 4.69) is 31.1 Å². The Morgan fingerprint density at radius 3 is 2.61 bits per heavy atom. The topological polar surface area (TPSA) is 64.8 Å². The Hall–Kier alpha value is -3.28. The molecule has 0 N–H and O–H groups in total. The third-order valence-electron chi connectivity index (χ3n) is 5.31. The van der Waals surface area contributed by atoms with Crippen LogP contribution in [0.3, 0.4) is 0 Å². The molecule has 6 nitrogen and oxygen atoms in total. The van der Waals surface area contributed by atoms with Crippen LogP contribution in [0.2, 0.25) is 0 Å². The molecule has 1 aliphatic rings. The van der Waals surface area contributed by atoms with Crippen molar-refractivity contribution in [3.63, 3.8) is 0 Å². The normalized spacial score (nSPS) is 12.4. The SMILES string of the molecule is Cc1ccc(-c2cc(CN(Cc3ccc4c(c3)OCO4)C(=O)CC(C)C)no2)c(C)c1. The first kappa shape index (κ1) is 21.0. The molecule has 4 rings (SSSR count). The summed E-state index contributed by atoms with van der Waals surface area (Å²) < 4.78 is 16.5. The van der Waals surface area contributed by atoms with Gasteiger partial charge in [0.1, 0.15) is 5.69 Å². The lowest BCUT2D eigenvalue weighted by Crippen LogP contribution is -2.31. The number of aromatic nitrogens is 1. The average Bonchev–Trinajstić information content (AvgIpc) is 3.36. The summed E-state index contributed by atoms with van der Waals surface area (Å²) in [5.41, 5.74) is 5.07.